The quantitative estimate of drug-likeness (QED) is 0.592. The highest BCUT2D eigenvalue weighted by atomic mass is 19.4. The van der Waals surface area contributed by atoms with Crippen molar-refractivity contribution < 1.29 is 13.2 Å². The molecule has 0 atom stereocenters. The number of nitrogens with one attached hydrogen (secondary N) is 3. The maximum Gasteiger partial charge on any atom is 0.453 e. The predicted octanol–water partition coefficient (Wildman–Crippen LogP) is 1.22. The molecular weight excluding hydrogens is 341 g/mol. The lowest BCUT2D eigenvalue weighted by molar-refractivity contribution is -0.146. The lowest BCUT2D eigenvalue weighted by Gasteiger charge is -2.12. The molecule has 134 valence electrons. The monoisotopic (exact) mass is 356 g/mol. The normalized spacial score (nSPS) is 12.0. The van der Waals surface area contributed by atoms with Gasteiger partial charge in [-0.3, -0.25) is 4.98 Å². The van der Waals surface area contributed by atoms with Gasteiger partial charge in [0.1, 0.15) is 11.6 Å². The van der Waals surface area contributed by atoms with E-state index < -0.39 is 12.0 Å². The lowest BCUT2D eigenvalue weighted by atomic mass is 10.2. The standard InChI is InChI=1S/C13H15F3N8O/c1-6-7(2)10-20-21-11(13(14,15)16)24(10)23-9(6)17-5-3-4-8-18-12(25)22-19-8/h3-5H2,1-2H3,(H,17,23)(H2,18,19,22,25). The van der Waals surface area contributed by atoms with Crippen molar-refractivity contribution in [2.45, 2.75) is 32.9 Å². The fourth-order valence-corrected chi connectivity index (χ4v) is 2.36. The van der Waals surface area contributed by atoms with Crippen LogP contribution in [-0.2, 0) is 12.6 Å². The van der Waals surface area contributed by atoms with E-state index in [-0.39, 0.29) is 11.3 Å². The van der Waals surface area contributed by atoms with Gasteiger partial charge in [0.2, 0.25) is 0 Å². The first-order valence-electron chi connectivity index (χ1n) is 7.44. The Labute approximate surface area is 138 Å². The average molecular weight is 356 g/mol. The number of hydrogen-bond acceptors (Lipinski definition) is 6. The number of hydrogen-bond donors (Lipinski definition) is 3. The van der Waals surface area contributed by atoms with Crippen molar-refractivity contribution >= 4 is 11.5 Å². The third-order valence-corrected chi connectivity index (χ3v) is 3.78. The van der Waals surface area contributed by atoms with Crippen molar-refractivity contribution in [1.82, 2.24) is 35.0 Å². The average Bonchev–Trinajstić information content (AvgIpc) is 3.14. The summed E-state index contributed by atoms with van der Waals surface area (Å²) in [5, 5.41) is 19.8. The van der Waals surface area contributed by atoms with Gasteiger partial charge < -0.3 is 5.32 Å². The first kappa shape index (κ1) is 16.9. The lowest BCUT2D eigenvalue weighted by Crippen LogP contribution is -2.15. The van der Waals surface area contributed by atoms with Crippen LogP contribution < -0.4 is 11.0 Å². The molecule has 0 saturated heterocycles. The largest absolute Gasteiger partial charge is 0.453 e. The molecule has 3 rings (SSSR count). The summed E-state index contributed by atoms with van der Waals surface area (Å²) in [5.74, 6) is -0.324. The van der Waals surface area contributed by atoms with Crippen LogP contribution in [0.2, 0.25) is 0 Å². The minimum atomic E-state index is -4.64. The van der Waals surface area contributed by atoms with Crippen LogP contribution in [0.5, 0.6) is 0 Å². The number of aromatic amines is 2. The molecule has 0 amide bonds. The Balaban J connectivity index is 1.78. The van der Waals surface area contributed by atoms with Gasteiger partial charge in [0.25, 0.3) is 5.82 Å². The fraction of sp³-hybridized carbons (Fsp3) is 0.462. The van der Waals surface area contributed by atoms with E-state index in [0.29, 0.717) is 46.7 Å². The molecule has 3 aromatic heterocycles. The zero-order chi connectivity index (χ0) is 18.2. The van der Waals surface area contributed by atoms with Crippen LogP contribution in [0.25, 0.3) is 5.65 Å². The summed E-state index contributed by atoms with van der Waals surface area (Å²) in [6.45, 7) is 3.86. The molecule has 0 saturated carbocycles. The smallest absolute Gasteiger partial charge is 0.368 e. The number of halogens is 3. The third kappa shape index (κ3) is 3.32. The van der Waals surface area contributed by atoms with Crippen molar-refractivity contribution in [2.75, 3.05) is 11.9 Å². The van der Waals surface area contributed by atoms with Crippen LogP contribution in [0.1, 0.15) is 29.2 Å². The molecule has 3 aromatic rings. The van der Waals surface area contributed by atoms with E-state index in [1.807, 2.05) is 0 Å². The maximum absolute atomic E-state index is 13.0. The van der Waals surface area contributed by atoms with Gasteiger partial charge >= 0.3 is 11.9 Å². The van der Waals surface area contributed by atoms with Crippen molar-refractivity contribution in [3.8, 4) is 0 Å². The molecule has 3 heterocycles. The number of aryl methyl sites for hydroxylation is 2. The molecule has 9 nitrogen and oxygen atoms in total. The van der Waals surface area contributed by atoms with Gasteiger partial charge in [-0.2, -0.15) is 22.8 Å². The third-order valence-electron chi connectivity index (χ3n) is 3.78. The number of aromatic nitrogens is 7. The molecule has 0 spiro atoms. The van der Waals surface area contributed by atoms with Crippen molar-refractivity contribution in [3.63, 3.8) is 0 Å². The second kappa shape index (κ2) is 6.18. The molecule has 25 heavy (non-hydrogen) atoms. The minimum absolute atomic E-state index is 0.0736. The van der Waals surface area contributed by atoms with Gasteiger partial charge in [-0.15, -0.1) is 15.3 Å². The Bertz CT molecular complexity index is 954. The topological polar surface area (TPSA) is 117 Å². The van der Waals surface area contributed by atoms with Gasteiger partial charge in [0, 0.05) is 18.5 Å². The highest BCUT2D eigenvalue weighted by molar-refractivity contribution is 5.58. The zero-order valence-corrected chi connectivity index (χ0v) is 13.4. The van der Waals surface area contributed by atoms with E-state index in [4.69, 9.17) is 0 Å². The van der Waals surface area contributed by atoms with E-state index in [1.165, 1.54) is 0 Å². The van der Waals surface area contributed by atoms with Crippen molar-refractivity contribution in [3.05, 3.63) is 33.3 Å². The number of alkyl halides is 3. The molecule has 0 aliphatic heterocycles. The van der Waals surface area contributed by atoms with E-state index in [1.54, 1.807) is 13.8 Å². The van der Waals surface area contributed by atoms with Gasteiger partial charge in [-0.25, -0.2) is 9.89 Å². The number of nitrogens with zero attached hydrogens (tertiary/aromatic N) is 5. The van der Waals surface area contributed by atoms with E-state index in [0.717, 1.165) is 0 Å². The van der Waals surface area contributed by atoms with Crippen LogP contribution in [0.15, 0.2) is 4.79 Å². The second-order valence-electron chi connectivity index (χ2n) is 5.51. The molecule has 0 bridgehead atoms. The molecule has 0 radical (unpaired) electrons. The van der Waals surface area contributed by atoms with Crippen LogP contribution >= 0.6 is 0 Å². The van der Waals surface area contributed by atoms with Gasteiger partial charge in [-0.1, -0.05) is 0 Å². The number of rotatable bonds is 5. The molecule has 0 fully saturated rings. The summed E-state index contributed by atoms with van der Waals surface area (Å²) >= 11 is 0. The Morgan fingerprint density at radius 2 is 1.96 bits per heavy atom. The molecular formula is C13H15F3N8O. The summed E-state index contributed by atoms with van der Waals surface area (Å²) in [6, 6.07) is 0. The van der Waals surface area contributed by atoms with Crippen LogP contribution in [0.4, 0.5) is 19.0 Å². The zero-order valence-electron chi connectivity index (χ0n) is 13.4. The highest BCUT2D eigenvalue weighted by Crippen LogP contribution is 2.29. The number of H-pyrrole nitrogens is 2. The Morgan fingerprint density at radius 3 is 2.60 bits per heavy atom. The summed E-state index contributed by atoms with van der Waals surface area (Å²) < 4.78 is 39.7. The van der Waals surface area contributed by atoms with Crippen LogP contribution in [-0.4, -0.2) is 41.5 Å². The Hall–Kier alpha value is -2.92. The highest BCUT2D eigenvalue weighted by Gasteiger charge is 2.38. The van der Waals surface area contributed by atoms with E-state index in [2.05, 4.69) is 35.8 Å². The minimum Gasteiger partial charge on any atom is -0.368 e. The Kier molecular flexibility index (Phi) is 4.18. The molecule has 0 aliphatic carbocycles. The van der Waals surface area contributed by atoms with Gasteiger partial charge in [-0.05, 0) is 25.8 Å². The fourth-order valence-electron chi connectivity index (χ4n) is 2.36. The Morgan fingerprint density at radius 1 is 1.20 bits per heavy atom. The number of anilines is 1. The molecule has 12 heteroatoms. The molecule has 0 unspecified atom stereocenters. The van der Waals surface area contributed by atoms with Crippen molar-refractivity contribution in [1.29, 1.82) is 0 Å². The summed E-state index contributed by atoms with van der Waals surface area (Å²) in [7, 11) is 0. The SMILES string of the molecule is Cc1c(NCCCc2n[nH]c(=O)[nH]2)nn2c(C(F)(F)F)nnc2c1C. The summed E-state index contributed by atoms with van der Waals surface area (Å²) in [6.07, 6.45) is -3.53. The van der Waals surface area contributed by atoms with E-state index in [9.17, 15) is 18.0 Å². The maximum atomic E-state index is 13.0. The summed E-state index contributed by atoms with van der Waals surface area (Å²) in [5.41, 5.74) is 0.956. The van der Waals surface area contributed by atoms with Crippen LogP contribution in [0.3, 0.4) is 0 Å². The van der Waals surface area contributed by atoms with Crippen LogP contribution in [0, 0.1) is 13.8 Å². The summed E-state index contributed by atoms with van der Waals surface area (Å²) in [4.78, 5) is 13.5. The van der Waals surface area contributed by atoms with Gasteiger partial charge in [0.15, 0.2) is 5.65 Å². The molecule has 3 N–H and O–H groups in total. The van der Waals surface area contributed by atoms with Crippen molar-refractivity contribution in [2.24, 2.45) is 0 Å². The number of fused-ring (bicyclic) bond motifs is 1. The first-order valence-corrected chi connectivity index (χ1v) is 7.44. The molecule has 0 aromatic carbocycles. The predicted molar refractivity (Wildman–Crippen MR) is 81.3 cm³/mol. The first-order chi connectivity index (χ1) is 11.8. The van der Waals surface area contributed by atoms with E-state index >= 15 is 0 Å². The van der Waals surface area contributed by atoms with Gasteiger partial charge in [0.05, 0.1) is 0 Å². The second-order valence-corrected chi connectivity index (χ2v) is 5.51. The molecule has 0 aliphatic rings.